The topological polar surface area (TPSA) is 73.4 Å². The van der Waals surface area contributed by atoms with Crippen LogP contribution in [0.2, 0.25) is 0 Å². The number of carbonyl (C=O) groups is 1. The monoisotopic (exact) mass is 484 g/mol. The molecule has 5 nitrogen and oxygen atoms in total. The van der Waals surface area contributed by atoms with E-state index in [1.807, 2.05) is 41.3 Å². The molecule has 1 fully saturated rings. The molecule has 0 radical (unpaired) electrons. The fourth-order valence-corrected chi connectivity index (χ4v) is 6.43. The summed E-state index contributed by atoms with van der Waals surface area (Å²) in [6.45, 7) is 5.59. The van der Waals surface area contributed by atoms with Crippen LogP contribution < -0.4 is 10.6 Å². The molecule has 3 aromatic carbocycles. The van der Waals surface area contributed by atoms with Crippen LogP contribution in [0, 0.1) is 5.41 Å². The van der Waals surface area contributed by atoms with Gasteiger partial charge < -0.3 is 5.73 Å². The number of likely N-dealkylation sites (tertiary alicyclic amines) is 1. The van der Waals surface area contributed by atoms with Crippen LogP contribution in [-0.4, -0.2) is 28.7 Å². The molecule has 0 aliphatic carbocycles. The molecule has 0 saturated carbocycles. The van der Waals surface area contributed by atoms with Gasteiger partial charge in [-0.1, -0.05) is 48.9 Å². The molecule has 3 N–H and O–H groups in total. The molecule has 1 amide bonds. The van der Waals surface area contributed by atoms with E-state index in [2.05, 4.69) is 49.1 Å². The summed E-state index contributed by atoms with van der Waals surface area (Å²) >= 11 is 1.55. The van der Waals surface area contributed by atoms with Crippen LogP contribution in [0.5, 0.6) is 0 Å². The smallest absolute Gasteiger partial charge is 0.249 e. The van der Waals surface area contributed by atoms with E-state index in [0.29, 0.717) is 17.6 Å². The third kappa shape index (κ3) is 4.73. The van der Waals surface area contributed by atoms with Crippen LogP contribution in [0.15, 0.2) is 77.7 Å². The summed E-state index contributed by atoms with van der Waals surface area (Å²) in [6.07, 6.45) is 3.82. The summed E-state index contributed by atoms with van der Waals surface area (Å²) in [6, 6.07) is 25.2. The second-order valence-corrected chi connectivity index (χ2v) is 10.8. The van der Waals surface area contributed by atoms with E-state index in [1.54, 1.807) is 17.8 Å². The average Bonchev–Trinajstić information content (AvgIpc) is 2.86. The molecule has 1 unspecified atom stereocenters. The second-order valence-electron chi connectivity index (χ2n) is 9.65. The van der Waals surface area contributed by atoms with Crippen LogP contribution in [0.3, 0.4) is 0 Å². The summed E-state index contributed by atoms with van der Waals surface area (Å²) < 4.78 is 0. The van der Waals surface area contributed by atoms with Crippen molar-refractivity contribution >= 4 is 34.9 Å². The fourth-order valence-electron chi connectivity index (χ4n) is 5.25. The van der Waals surface area contributed by atoms with Crippen molar-refractivity contribution in [3.05, 3.63) is 89.5 Å². The van der Waals surface area contributed by atoms with E-state index in [9.17, 15) is 4.79 Å². The molecule has 3 aromatic rings. The van der Waals surface area contributed by atoms with Gasteiger partial charge in [0.15, 0.2) is 0 Å². The highest BCUT2D eigenvalue weighted by atomic mass is 32.2. The molecule has 180 valence electrons. The number of nitrogens with zero attached hydrogens (tertiary/aromatic N) is 2. The second kappa shape index (κ2) is 9.88. The van der Waals surface area contributed by atoms with Gasteiger partial charge in [-0.05, 0) is 68.1 Å². The Morgan fingerprint density at radius 2 is 1.71 bits per heavy atom. The Hall–Kier alpha value is -3.09. The fraction of sp³-hybridized carbons (Fsp3) is 0.310. The maximum Gasteiger partial charge on any atom is 0.249 e. The zero-order valence-electron chi connectivity index (χ0n) is 20.3. The van der Waals surface area contributed by atoms with E-state index in [1.165, 1.54) is 24.8 Å². The number of fused-ring (bicyclic) bond motifs is 1. The van der Waals surface area contributed by atoms with Gasteiger partial charge in [0, 0.05) is 34.8 Å². The van der Waals surface area contributed by atoms with Crippen molar-refractivity contribution in [3.8, 4) is 0 Å². The van der Waals surface area contributed by atoms with Gasteiger partial charge in [-0.25, -0.2) is 0 Å². The zero-order valence-corrected chi connectivity index (χ0v) is 21.1. The molecule has 0 spiro atoms. The van der Waals surface area contributed by atoms with E-state index in [0.717, 1.165) is 28.4 Å². The third-order valence-corrected chi connectivity index (χ3v) is 8.54. The van der Waals surface area contributed by atoms with Gasteiger partial charge in [0.2, 0.25) is 5.91 Å². The lowest BCUT2D eigenvalue weighted by Gasteiger charge is -2.39. The first-order valence-corrected chi connectivity index (χ1v) is 13.2. The molecule has 1 saturated heterocycles. The minimum Gasteiger partial charge on any atom is -0.384 e. The predicted octanol–water partition coefficient (Wildman–Crippen LogP) is 6.25. The van der Waals surface area contributed by atoms with Gasteiger partial charge in [-0.15, -0.1) is 11.8 Å². The normalized spacial score (nSPS) is 22.6. The van der Waals surface area contributed by atoms with Crippen LogP contribution in [0.25, 0.3) is 0 Å². The lowest BCUT2D eigenvalue weighted by molar-refractivity contribution is -0.117. The Kier molecular flexibility index (Phi) is 6.67. The van der Waals surface area contributed by atoms with Crippen LogP contribution in [0.4, 0.5) is 11.4 Å². The number of piperidine rings is 1. The Morgan fingerprint density at radius 1 is 1.00 bits per heavy atom. The first kappa shape index (κ1) is 23.6. The average molecular weight is 485 g/mol. The number of hydrogen-bond acceptors (Lipinski definition) is 4. The quantitative estimate of drug-likeness (QED) is 0.332. The van der Waals surface area contributed by atoms with Crippen molar-refractivity contribution in [3.63, 3.8) is 0 Å². The summed E-state index contributed by atoms with van der Waals surface area (Å²) in [5, 5.41) is 7.39. The van der Waals surface area contributed by atoms with Gasteiger partial charge in [-0.3, -0.25) is 20.0 Å². The number of carbonyl (C=O) groups excluding carboxylic acids is 1. The molecule has 3 atom stereocenters. The summed E-state index contributed by atoms with van der Waals surface area (Å²) in [5.41, 5.74) is 10.3. The van der Waals surface area contributed by atoms with Crippen molar-refractivity contribution in [1.29, 1.82) is 5.41 Å². The van der Waals surface area contributed by atoms with Gasteiger partial charge in [0.1, 0.15) is 11.1 Å². The van der Waals surface area contributed by atoms with E-state index in [4.69, 9.17) is 11.1 Å². The number of nitrogen functional groups attached to an aromatic ring is 1. The number of nitrogens with one attached hydrogen (secondary N) is 1. The number of thioether (sulfide) groups is 1. The molecule has 35 heavy (non-hydrogen) atoms. The largest absolute Gasteiger partial charge is 0.384 e. The maximum atomic E-state index is 13.9. The first-order valence-electron chi connectivity index (χ1n) is 12.3. The van der Waals surface area contributed by atoms with Gasteiger partial charge >= 0.3 is 0 Å². The molecule has 0 aromatic heterocycles. The molecule has 2 aliphatic heterocycles. The standard InChI is InChI=1S/C29H32N4OS/c1-19-7-5-8-20(2)32(19)18-21-13-15-24(16-14-21)33-25-11-3-4-12-26(25)35-27(29(33)34)22-9-6-10-23(17-22)28(30)31/h3-4,6,9-17,19-20,27H,5,7-8,18H2,1-2H3,(H3,30,31)/t19-,20+,27?. The Bertz CT molecular complexity index is 1230. The van der Waals surface area contributed by atoms with Crippen LogP contribution >= 0.6 is 11.8 Å². The molecule has 5 rings (SSSR count). The first-order chi connectivity index (χ1) is 16.9. The highest BCUT2D eigenvalue weighted by Crippen LogP contribution is 2.49. The van der Waals surface area contributed by atoms with Gasteiger partial charge in [-0.2, -0.15) is 0 Å². The molecule has 2 heterocycles. The minimum atomic E-state index is -0.404. The number of amidine groups is 1. The zero-order chi connectivity index (χ0) is 24.5. The molecule has 6 heteroatoms. The minimum absolute atomic E-state index is 0.00490. The van der Waals surface area contributed by atoms with Gasteiger partial charge in [0.05, 0.1) is 5.69 Å². The predicted molar refractivity (Wildman–Crippen MR) is 144 cm³/mol. The maximum absolute atomic E-state index is 13.9. The third-order valence-electron chi connectivity index (χ3n) is 7.23. The summed E-state index contributed by atoms with van der Waals surface area (Å²) in [5.74, 6) is 0.0192. The van der Waals surface area contributed by atoms with Crippen LogP contribution in [0.1, 0.15) is 55.1 Å². The van der Waals surface area contributed by atoms with Crippen molar-refractivity contribution in [2.45, 2.75) is 61.9 Å². The number of anilines is 2. The number of benzene rings is 3. The number of nitrogens with two attached hydrogens (primary N) is 1. The van der Waals surface area contributed by atoms with Crippen molar-refractivity contribution in [2.24, 2.45) is 5.73 Å². The Balaban J connectivity index is 1.46. The number of amides is 1. The summed E-state index contributed by atoms with van der Waals surface area (Å²) in [7, 11) is 0. The van der Waals surface area contributed by atoms with E-state index < -0.39 is 5.25 Å². The molecular formula is C29H32N4OS. The van der Waals surface area contributed by atoms with Gasteiger partial charge in [0.25, 0.3) is 0 Å². The highest BCUT2D eigenvalue weighted by molar-refractivity contribution is 8.00. The van der Waals surface area contributed by atoms with Crippen molar-refractivity contribution in [2.75, 3.05) is 4.90 Å². The molecule has 2 aliphatic rings. The lowest BCUT2D eigenvalue weighted by atomic mass is 9.96. The SMILES string of the molecule is C[C@@H]1CCC[C@H](C)N1Cc1ccc(N2C(=O)C(c3cccc(C(=N)N)c3)Sc3ccccc32)cc1. The van der Waals surface area contributed by atoms with E-state index >= 15 is 0 Å². The molecular weight excluding hydrogens is 452 g/mol. The van der Waals surface area contributed by atoms with E-state index in [-0.39, 0.29) is 11.7 Å². The summed E-state index contributed by atoms with van der Waals surface area (Å²) in [4.78, 5) is 19.4. The molecule has 0 bridgehead atoms. The Morgan fingerprint density at radius 3 is 2.43 bits per heavy atom. The van der Waals surface area contributed by atoms with Crippen molar-refractivity contribution in [1.82, 2.24) is 4.90 Å². The lowest BCUT2D eigenvalue weighted by Crippen LogP contribution is -2.42. The number of para-hydroxylation sites is 1. The highest BCUT2D eigenvalue weighted by Gasteiger charge is 2.35. The van der Waals surface area contributed by atoms with Crippen LogP contribution in [-0.2, 0) is 11.3 Å². The number of hydrogen-bond donors (Lipinski definition) is 2. The van der Waals surface area contributed by atoms with Crippen molar-refractivity contribution < 1.29 is 4.79 Å². The Labute approximate surface area is 211 Å². The number of rotatable bonds is 5.